The molecule has 0 fully saturated rings. The van der Waals surface area contributed by atoms with E-state index in [9.17, 15) is 0 Å². The maximum atomic E-state index is 5.92. The highest BCUT2D eigenvalue weighted by molar-refractivity contribution is 7.19. The lowest BCUT2D eigenvalue weighted by atomic mass is 10.3. The quantitative estimate of drug-likeness (QED) is 0.773. The summed E-state index contributed by atoms with van der Waals surface area (Å²) in [7, 11) is 0. The number of hydrogen-bond donors (Lipinski definition) is 1. The molecule has 17 heavy (non-hydrogen) atoms. The first kappa shape index (κ1) is 12.4. The van der Waals surface area contributed by atoms with Crippen molar-refractivity contribution in [2.45, 2.75) is 6.42 Å². The van der Waals surface area contributed by atoms with E-state index in [2.05, 4.69) is 28.6 Å². The van der Waals surface area contributed by atoms with Crippen molar-refractivity contribution in [2.24, 2.45) is 0 Å². The zero-order valence-electron chi connectivity index (χ0n) is 8.92. The molecule has 3 aromatic heterocycles. The third-order valence-electron chi connectivity index (χ3n) is 2.42. The van der Waals surface area contributed by atoms with Gasteiger partial charge in [-0.05, 0) is 23.6 Å². The van der Waals surface area contributed by atoms with Gasteiger partial charge in [0.05, 0.1) is 15.9 Å². The van der Waals surface area contributed by atoms with Gasteiger partial charge in [0.25, 0.3) is 0 Å². The Morgan fingerprint density at radius 2 is 2.12 bits per heavy atom. The maximum absolute atomic E-state index is 5.92. The van der Waals surface area contributed by atoms with Crippen LogP contribution < -0.4 is 5.73 Å². The molecule has 0 aliphatic rings. The van der Waals surface area contributed by atoms with E-state index in [1.165, 1.54) is 9.75 Å². The summed E-state index contributed by atoms with van der Waals surface area (Å²) >= 11 is 3.53. The summed E-state index contributed by atoms with van der Waals surface area (Å²) < 4.78 is 1.11. The Morgan fingerprint density at radius 3 is 2.82 bits per heavy atom. The maximum Gasteiger partial charge on any atom is 0.0833 e. The number of fused-ring (bicyclic) bond motifs is 1. The fourth-order valence-electron chi connectivity index (χ4n) is 1.68. The molecule has 2 N–H and O–H groups in total. The van der Waals surface area contributed by atoms with Crippen molar-refractivity contribution < 1.29 is 0 Å². The van der Waals surface area contributed by atoms with Crippen LogP contribution in [0.1, 0.15) is 9.75 Å². The topological polar surface area (TPSA) is 38.9 Å². The van der Waals surface area contributed by atoms with Gasteiger partial charge < -0.3 is 5.73 Å². The molecule has 0 saturated carbocycles. The summed E-state index contributed by atoms with van der Waals surface area (Å²) in [6.07, 6.45) is 2.75. The van der Waals surface area contributed by atoms with Gasteiger partial charge in [0.15, 0.2) is 0 Å². The summed E-state index contributed by atoms with van der Waals surface area (Å²) in [5.41, 5.74) is 7.75. The average Bonchev–Trinajstić information content (AvgIpc) is 2.88. The van der Waals surface area contributed by atoms with Gasteiger partial charge in [-0.25, -0.2) is 0 Å². The number of nitrogens with two attached hydrogens (primary N) is 1. The fourth-order valence-corrected chi connectivity index (χ4v) is 3.56. The highest BCUT2D eigenvalue weighted by Crippen LogP contribution is 2.30. The van der Waals surface area contributed by atoms with Crippen molar-refractivity contribution >= 4 is 51.0 Å². The molecule has 0 amide bonds. The van der Waals surface area contributed by atoms with Gasteiger partial charge in [0, 0.05) is 22.4 Å². The van der Waals surface area contributed by atoms with Crippen molar-refractivity contribution in [3.63, 3.8) is 0 Å². The van der Waals surface area contributed by atoms with Crippen molar-refractivity contribution in [1.29, 1.82) is 0 Å². The van der Waals surface area contributed by atoms with Crippen molar-refractivity contribution in [2.75, 3.05) is 5.73 Å². The third kappa shape index (κ3) is 2.44. The predicted molar refractivity (Wildman–Crippen MR) is 78.4 cm³/mol. The molecule has 3 heterocycles. The molecule has 0 aliphatic carbocycles. The van der Waals surface area contributed by atoms with Crippen LogP contribution in [0.5, 0.6) is 0 Å². The second kappa shape index (κ2) is 5.04. The molecule has 0 spiro atoms. The average molecular weight is 283 g/mol. The van der Waals surface area contributed by atoms with Crippen LogP contribution in [0.25, 0.3) is 10.2 Å². The van der Waals surface area contributed by atoms with Crippen molar-refractivity contribution in [3.05, 3.63) is 45.6 Å². The second-order valence-corrected chi connectivity index (χ2v) is 5.75. The Hall–Kier alpha value is -1.10. The Labute approximate surface area is 114 Å². The highest BCUT2D eigenvalue weighted by Gasteiger charge is 2.06. The Balaban J connectivity index is 0.00000108. The van der Waals surface area contributed by atoms with Crippen LogP contribution in [0.2, 0.25) is 0 Å². The number of anilines is 1. The number of rotatable bonds is 2. The highest BCUT2D eigenvalue weighted by atomic mass is 35.5. The molecule has 0 aromatic carbocycles. The lowest BCUT2D eigenvalue weighted by Gasteiger charge is -1.92. The van der Waals surface area contributed by atoms with Gasteiger partial charge in [-0.15, -0.1) is 35.1 Å². The minimum Gasteiger partial charge on any atom is -0.397 e. The lowest BCUT2D eigenvalue weighted by Crippen LogP contribution is -1.83. The second-order valence-electron chi connectivity index (χ2n) is 3.58. The molecule has 0 radical (unpaired) electrons. The number of nitrogens with zero attached hydrogens (tertiary/aromatic N) is 1. The SMILES string of the molecule is Cl.Nc1ccnc2cc(Cc3cccs3)sc12. The van der Waals surface area contributed by atoms with Crippen LogP contribution in [0.15, 0.2) is 35.8 Å². The summed E-state index contributed by atoms with van der Waals surface area (Å²) in [5, 5.41) is 2.11. The standard InChI is InChI=1S/C12H10N2S2.ClH/c13-10-3-4-14-11-7-9(16-12(10)11)6-8-2-1-5-15-8;/h1-5,7H,6H2,(H2,13,14);1H. The van der Waals surface area contributed by atoms with Gasteiger partial charge in [0.2, 0.25) is 0 Å². The fraction of sp³-hybridized carbons (Fsp3) is 0.0833. The summed E-state index contributed by atoms with van der Waals surface area (Å²) in [4.78, 5) is 7.03. The van der Waals surface area contributed by atoms with Crippen LogP contribution in [0, 0.1) is 0 Å². The van der Waals surface area contributed by atoms with Crippen molar-refractivity contribution in [1.82, 2.24) is 4.98 Å². The molecule has 2 nitrogen and oxygen atoms in total. The summed E-state index contributed by atoms with van der Waals surface area (Å²) in [6.45, 7) is 0. The van der Waals surface area contributed by atoms with Gasteiger partial charge >= 0.3 is 0 Å². The van der Waals surface area contributed by atoms with Gasteiger partial charge in [0.1, 0.15) is 0 Å². The number of hydrogen-bond acceptors (Lipinski definition) is 4. The predicted octanol–water partition coefficient (Wildman–Crippen LogP) is 3.95. The minimum atomic E-state index is 0. The van der Waals surface area contributed by atoms with Crippen molar-refractivity contribution in [3.8, 4) is 0 Å². The van der Waals surface area contributed by atoms with E-state index < -0.39 is 0 Å². The Morgan fingerprint density at radius 1 is 1.24 bits per heavy atom. The number of pyridine rings is 1. The molecule has 0 atom stereocenters. The number of halogens is 1. The molecule has 0 bridgehead atoms. The third-order valence-corrected chi connectivity index (χ3v) is 4.47. The van der Waals surface area contributed by atoms with E-state index in [4.69, 9.17) is 5.73 Å². The molecule has 3 aromatic rings. The molecule has 5 heteroatoms. The molecule has 88 valence electrons. The van der Waals surface area contributed by atoms with E-state index in [-0.39, 0.29) is 12.4 Å². The number of thiophene rings is 2. The monoisotopic (exact) mass is 282 g/mol. The molecule has 3 rings (SSSR count). The van der Waals surface area contributed by atoms with Gasteiger partial charge in [-0.3, -0.25) is 4.98 Å². The van der Waals surface area contributed by atoms with Gasteiger partial charge in [-0.1, -0.05) is 6.07 Å². The van der Waals surface area contributed by atoms with Gasteiger partial charge in [-0.2, -0.15) is 0 Å². The van der Waals surface area contributed by atoms with E-state index in [1.54, 1.807) is 28.9 Å². The normalized spacial score (nSPS) is 10.4. The van der Waals surface area contributed by atoms with Crippen LogP contribution in [-0.2, 0) is 6.42 Å². The van der Waals surface area contributed by atoms with E-state index in [0.717, 1.165) is 22.3 Å². The molecule has 0 aliphatic heterocycles. The summed E-state index contributed by atoms with van der Waals surface area (Å²) in [5.74, 6) is 0. The zero-order chi connectivity index (χ0) is 11.0. The van der Waals surface area contributed by atoms with E-state index in [1.807, 2.05) is 6.07 Å². The molecule has 0 unspecified atom stereocenters. The van der Waals surface area contributed by atoms with Crippen LogP contribution >= 0.6 is 35.1 Å². The zero-order valence-corrected chi connectivity index (χ0v) is 11.4. The first-order chi connectivity index (χ1) is 7.83. The number of nitrogen functional groups attached to an aromatic ring is 1. The Bertz CT molecular complexity index is 617. The lowest BCUT2D eigenvalue weighted by molar-refractivity contribution is 1.30. The van der Waals surface area contributed by atoms with E-state index in [0.29, 0.717) is 0 Å². The van der Waals surface area contributed by atoms with Crippen LogP contribution in [-0.4, -0.2) is 4.98 Å². The first-order valence-corrected chi connectivity index (χ1v) is 6.68. The smallest absolute Gasteiger partial charge is 0.0833 e. The largest absolute Gasteiger partial charge is 0.397 e. The summed E-state index contributed by atoms with van der Waals surface area (Å²) in [6, 6.07) is 8.23. The van der Waals surface area contributed by atoms with E-state index >= 15 is 0 Å². The first-order valence-electron chi connectivity index (χ1n) is 4.98. The molecule has 0 saturated heterocycles. The Kier molecular flexibility index (Phi) is 3.66. The van der Waals surface area contributed by atoms with Crippen LogP contribution in [0.4, 0.5) is 5.69 Å². The minimum absolute atomic E-state index is 0. The number of aromatic nitrogens is 1. The van der Waals surface area contributed by atoms with Crippen LogP contribution in [0.3, 0.4) is 0 Å². The molecular weight excluding hydrogens is 272 g/mol. The molecular formula is C12H11ClN2S2.